The summed E-state index contributed by atoms with van der Waals surface area (Å²) in [4.78, 5) is 30.6. The highest BCUT2D eigenvalue weighted by Crippen LogP contribution is 2.33. The lowest BCUT2D eigenvalue weighted by Crippen LogP contribution is -2.46. The summed E-state index contributed by atoms with van der Waals surface area (Å²) in [5.41, 5.74) is 1.65. The second kappa shape index (κ2) is 11.4. The van der Waals surface area contributed by atoms with Crippen LogP contribution in [0.3, 0.4) is 0 Å². The third kappa shape index (κ3) is 5.76. The van der Waals surface area contributed by atoms with Gasteiger partial charge >= 0.3 is 0 Å². The monoisotopic (exact) mass is 506 g/mol. The van der Waals surface area contributed by atoms with Crippen LogP contribution in [0.5, 0.6) is 5.75 Å². The summed E-state index contributed by atoms with van der Waals surface area (Å²) in [6, 6.07) is 14.0. The van der Waals surface area contributed by atoms with Crippen LogP contribution >= 0.6 is 0 Å². The molecule has 10 heteroatoms. The summed E-state index contributed by atoms with van der Waals surface area (Å²) in [5.74, 6) is 0.941. The topological polar surface area (TPSA) is 101 Å². The summed E-state index contributed by atoms with van der Waals surface area (Å²) >= 11 is 0. The minimum atomic E-state index is -0.403. The number of morpholine rings is 1. The normalized spacial score (nSPS) is 18.0. The van der Waals surface area contributed by atoms with E-state index in [0.29, 0.717) is 38.5 Å². The number of ether oxygens (including phenoxy) is 2. The van der Waals surface area contributed by atoms with Crippen LogP contribution in [0, 0.1) is 0 Å². The average molecular weight is 507 g/mol. The molecule has 0 saturated carbocycles. The van der Waals surface area contributed by atoms with E-state index in [1.807, 2.05) is 30.3 Å². The van der Waals surface area contributed by atoms with Gasteiger partial charge in [-0.3, -0.25) is 14.5 Å². The van der Waals surface area contributed by atoms with Gasteiger partial charge in [0, 0.05) is 32.6 Å². The first-order valence-corrected chi connectivity index (χ1v) is 12.3. The van der Waals surface area contributed by atoms with Crippen LogP contribution < -0.4 is 4.74 Å². The van der Waals surface area contributed by atoms with Gasteiger partial charge < -0.3 is 23.2 Å². The molecule has 1 fully saturated rings. The van der Waals surface area contributed by atoms with Gasteiger partial charge in [0.25, 0.3) is 11.8 Å². The van der Waals surface area contributed by atoms with Gasteiger partial charge in [-0.25, -0.2) is 5.01 Å². The van der Waals surface area contributed by atoms with E-state index in [-0.39, 0.29) is 24.1 Å². The van der Waals surface area contributed by atoms with Crippen molar-refractivity contribution < 1.29 is 27.9 Å². The molecule has 2 aromatic heterocycles. The molecular formula is C27H30N4O6. The minimum absolute atomic E-state index is 0.138. The minimum Gasteiger partial charge on any atom is -0.497 e. The fourth-order valence-corrected chi connectivity index (χ4v) is 4.53. The van der Waals surface area contributed by atoms with E-state index < -0.39 is 6.04 Å². The van der Waals surface area contributed by atoms with Crippen molar-refractivity contribution in [3.8, 4) is 5.75 Å². The molecule has 1 atom stereocenters. The lowest BCUT2D eigenvalue weighted by Gasteiger charge is -2.30. The van der Waals surface area contributed by atoms with Crippen molar-refractivity contribution in [3.05, 3.63) is 78.1 Å². The Hall–Kier alpha value is -3.89. The van der Waals surface area contributed by atoms with Crippen molar-refractivity contribution >= 4 is 17.5 Å². The summed E-state index contributed by atoms with van der Waals surface area (Å²) in [6.07, 6.45) is 3.53. The number of rotatable bonds is 9. The highest BCUT2D eigenvalue weighted by molar-refractivity contribution is 6.03. The SMILES string of the molecule is COc1ccc(C2=NN(C(=O)CN(CCN3CCOCC3)C(=O)c3ccco3)[C@@H](c3ccco3)C2)cc1. The van der Waals surface area contributed by atoms with Crippen molar-refractivity contribution in [2.24, 2.45) is 5.10 Å². The molecule has 0 radical (unpaired) electrons. The number of nitrogens with zero attached hydrogens (tertiary/aromatic N) is 4. The van der Waals surface area contributed by atoms with Crippen LogP contribution in [0.4, 0.5) is 0 Å². The van der Waals surface area contributed by atoms with E-state index >= 15 is 0 Å². The number of hydrogen-bond acceptors (Lipinski definition) is 8. The number of hydrogen-bond donors (Lipinski definition) is 0. The van der Waals surface area contributed by atoms with E-state index in [0.717, 1.165) is 30.1 Å². The van der Waals surface area contributed by atoms with E-state index in [9.17, 15) is 9.59 Å². The fraction of sp³-hybridized carbons (Fsp3) is 0.370. The van der Waals surface area contributed by atoms with Gasteiger partial charge in [-0.05, 0) is 54.1 Å². The largest absolute Gasteiger partial charge is 0.497 e. The van der Waals surface area contributed by atoms with Gasteiger partial charge in [0.15, 0.2) is 5.76 Å². The van der Waals surface area contributed by atoms with Crippen LogP contribution in [-0.2, 0) is 9.53 Å². The zero-order valence-electron chi connectivity index (χ0n) is 20.7. The standard InChI is InChI=1S/C27H30N4O6/c1-34-21-8-6-20(7-9-21)22-18-23(24-4-2-14-36-24)31(28-22)26(32)19-30(27(33)25-5-3-15-37-25)11-10-29-12-16-35-17-13-29/h2-9,14-15,23H,10-13,16-19H2,1H3/t23-/m1/s1. The smallest absolute Gasteiger partial charge is 0.290 e. The van der Waals surface area contributed by atoms with Crippen LogP contribution in [-0.4, -0.2) is 85.4 Å². The van der Waals surface area contributed by atoms with E-state index in [1.165, 1.54) is 16.2 Å². The first kappa shape index (κ1) is 24.8. The number of methoxy groups -OCH3 is 1. The predicted octanol–water partition coefficient (Wildman–Crippen LogP) is 3.03. The Labute approximate surface area is 215 Å². The predicted molar refractivity (Wildman–Crippen MR) is 134 cm³/mol. The van der Waals surface area contributed by atoms with Gasteiger partial charge in [0.05, 0.1) is 38.6 Å². The van der Waals surface area contributed by atoms with Gasteiger partial charge in [-0.15, -0.1) is 0 Å². The molecule has 2 aliphatic heterocycles. The first-order chi connectivity index (χ1) is 18.1. The van der Waals surface area contributed by atoms with Crippen LogP contribution in [0.2, 0.25) is 0 Å². The molecule has 4 heterocycles. The molecule has 3 aromatic rings. The number of hydrazone groups is 1. The lowest BCUT2D eigenvalue weighted by atomic mass is 10.0. The molecule has 2 aliphatic rings. The quantitative estimate of drug-likeness (QED) is 0.440. The summed E-state index contributed by atoms with van der Waals surface area (Å²) < 4.78 is 21.7. The Balaban J connectivity index is 1.36. The summed E-state index contributed by atoms with van der Waals surface area (Å²) in [5, 5.41) is 6.13. The fourth-order valence-electron chi connectivity index (χ4n) is 4.53. The first-order valence-electron chi connectivity index (χ1n) is 12.3. The Morgan fingerprint density at radius 1 is 1.05 bits per heavy atom. The van der Waals surface area contributed by atoms with Gasteiger partial charge in [0.1, 0.15) is 24.1 Å². The third-order valence-corrected chi connectivity index (χ3v) is 6.60. The molecule has 37 heavy (non-hydrogen) atoms. The average Bonchev–Trinajstić information content (AvgIpc) is 3.73. The summed E-state index contributed by atoms with van der Waals surface area (Å²) in [6.45, 7) is 3.77. The van der Waals surface area contributed by atoms with Crippen molar-refractivity contribution in [2.75, 3.05) is 53.0 Å². The van der Waals surface area contributed by atoms with Gasteiger partial charge in [-0.1, -0.05) is 0 Å². The molecule has 10 nitrogen and oxygen atoms in total. The van der Waals surface area contributed by atoms with Crippen LogP contribution in [0.1, 0.15) is 34.3 Å². The molecule has 0 spiro atoms. The van der Waals surface area contributed by atoms with Crippen molar-refractivity contribution in [2.45, 2.75) is 12.5 Å². The Morgan fingerprint density at radius 2 is 1.81 bits per heavy atom. The van der Waals surface area contributed by atoms with Gasteiger partial charge in [-0.2, -0.15) is 5.10 Å². The zero-order valence-corrected chi connectivity index (χ0v) is 20.7. The van der Waals surface area contributed by atoms with E-state index in [4.69, 9.17) is 18.3 Å². The molecule has 0 bridgehead atoms. The zero-order chi connectivity index (χ0) is 25.6. The molecule has 194 valence electrons. The maximum Gasteiger partial charge on any atom is 0.290 e. The number of carbonyl (C=O) groups is 2. The van der Waals surface area contributed by atoms with Crippen molar-refractivity contribution in [3.63, 3.8) is 0 Å². The molecular weight excluding hydrogens is 476 g/mol. The van der Waals surface area contributed by atoms with Crippen molar-refractivity contribution in [1.82, 2.24) is 14.8 Å². The second-order valence-electron chi connectivity index (χ2n) is 8.91. The number of furan rings is 2. The Bertz CT molecular complexity index is 1200. The molecule has 1 aromatic carbocycles. The molecule has 0 N–H and O–H groups in total. The molecule has 5 rings (SSSR count). The molecule has 0 unspecified atom stereocenters. The van der Waals surface area contributed by atoms with E-state index in [2.05, 4.69) is 10.0 Å². The maximum atomic E-state index is 13.7. The second-order valence-corrected chi connectivity index (χ2v) is 8.91. The van der Waals surface area contributed by atoms with Crippen molar-refractivity contribution in [1.29, 1.82) is 0 Å². The Kier molecular flexibility index (Phi) is 7.67. The van der Waals surface area contributed by atoms with Crippen LogP contribution in [0.25, 0.3) is 0 Å². The highest BCUT2D eigenvalue weighted by atomic mass is 16.5. The molecule has 2 amide bonds. The molecule has 0 aliphatic carbocycles. The number of amides is 2. The maximum absolute atomic E-state index is 13.7. The summed E-state index contributed by atoms with van der Waals surface area (Å²) in [7, 11) is 1.62. The Morgan fingerprint density at radius 3 is 2.49 bits per heavy atom. The number of carbonyl (C=O) groups excluding carboxylic acids is 2. The van der Waals surface area contributed by atoms with Gasteiger partial charge in [0.2, 0.25) is 0 Å². The molecule has 1 saturated heterocycles. The lowest BCUT2D eigenvalue weighted by molar-refractivity contribution is -0.134. The highest BCUT2D eigenvalue weighted by Gasteiger charge is 2.36. The van der Waals surface area contributed by atoms with E-state index in [1.54, 1.807) is 31.6 Å². The number of benzene rings is 1. The van der Waals surface area contributed by atoms with Crippen LogP contribution in [0.15, 0.2) is 75.0 Å². The third-order valence-electron chi connectivity index (χ3n) is 6.60.